The second-order valence-corrected chi connectivity index (χ2v) is 13.1. The van der Waals surface area contributed by atoms with Crippen LogP contribution in [-0.4, -0.2) is 101 Å². The van der Waals surface area contributed by atoms with Gasteiger partial charge in [-0.1, -0.05) is 0 Å². The highest BCUT2D eigenvalue weighted by atomic mass is 31.2. The van der Waals surface area contributed by atoms with E-state index < -0.39 is 77.7 Å². The first-order chi connectivity index (χ1) is 20.9. The molecule has 0 bridgehead atoms. The minimum Gasteiger partial charge on any atom is -0.382 e. The van der Waals surface area contributed by atoms with E-state index in [1.165, 1.54) is 28.1 Å². The number of hydrogen-bond acceptors (Lipinski definition) is 15. The van der Waals surface area contributed by atoms with Gasteiger partial charge in [-0.3, -0.25) is 22.7 Å². The third kappa shape index (κ3) is 5.11. The standard InChI is InChI=1S/C21H22BF2N9O9P2/c1-8-13-18(28-4-26-8)32(6-30-13)21-12(24)16-9(39-21)2-37-43(22,34)41-15-10(3-38-44(35,36)42-16)40-20(11(15)23)33-7-31-14-17(25)27-5-29-19(14)33/h4-7,9-12,15-16,20-21H,2-3H2,1H3,(H,35,36)(H2,25,27,29)/t9-,10-,11-,12-,15-,16-,20-,21-,43+/m1/s1. The fourth-order valence-electron chi connectivity index (χ4n) is 5.30. The highest BCUT2D eigenvalue weighted by Crippen LogP contribution is 2.54. The summed E-state index contributed by atoms with van der Waals surface area (Å²) in [6.07, 6.45) is -8.85. The molecule has 4 aromatic heterocycles. The van der Waals surface area contributed by atoms with Gasteiger partial charge < -0.3 is 29.1 Å². The number of aromatic nitrogens is 8. The maximum atomic E-state index is 15.9. The number of anilines is 1. The Hall–Kier alpha value is -3.00. The molecule has 1 unspecified atom stereocenters. The Balaban J connectivity index is 1.17. The van der Waals surface area contributed by atoms with Crippen LogP contribution in [-0.2, 0) is 36.7 Å². The second kappa shape index (κ2) is 10.8. The zero-order valence-corrected chi connectivity index (χ0v) is 24.2. The largest absolute Gasteiger partial charge is 0.472 e. The highest BCUT2D eigenvalue weighted by molar-refractivity contribution is 7.79. The smallest absolute Gasteiger partial charge is 0.382 e. The van der Waals surface area contributed by atoms with Gasteiger partial charge in [0.15, 0.2) is 41.9 Å². The van der Waals surface area contributed by atoms with E-state index in [2.05, 4.69) is 29.9 Å². The SMILES string of the molecule is [B][P@]1(=O)OC[C@H]2O[C@@H](n3cnc4c(C)ncnc43)[C@H](F)[C@@H]2OP(=O)(O)OC[C@H]2O[C@@H](n3cnc4c(N)ncnc43)[C@H](F)[C@@H]2O1. The van der Waals surface area contributed by atoms with Crippen molar-refractivity contribution in [1.82, 2.24) is 39.0 Å². The van der Waals surface area contributed by atoms with Crippen LogP contribution in [0.25, 0.3) is 22.3 Å². The molecule has 4 aromatic rings. The number of nitrogen functional groups attached to an aromatic ring is 1. The summed E-state index contributed by atoms with van der Waals surface area (Å²) in [7, 11) is -3.87. The van der Waals surface area contributed by atoms with Crippen molar-refractivity contribution in [1.29, 1.82) is 0 Å². The second-order valence-electron chi connectivity index (χ2n) is 10.1. The number of aryl methyl sites for hydroxylation is 1. The van der Waals surface area contributed by atoms with Gasteiger partial charge in [0, 0.05) is 0 Å². The van der Waals surface area contributed by atoms with Crippen LogP contribution in [0.3, 0.4) is 0 Å². The summed E-state index contributed by atoms with van der Waals surface area (Å²) in [5, 5.41) is 0. The van der Waals surface area contributed by atoms with Crippen LogP contribution < -0.4 is 5.73 Å². The third-order valence-electron chi connectivity index (χ3n) is 7.36. The lowest BCUT2D eigenvalue weighted by atomic mass is 10.1. The molecule has 2 radical (unpaired) electrons. The molecular formula is C21H22BF2N9O9P2. The molecule has 0 aromatic carbocycles. The summed E-state index contributed by atoms with van der Waals surface area (Å²) < 4.78 is 92.9. The first-order valence-electron chi connectivity index (χ1n) is 13.0. The predicted octanol–water partition coefficient (Wildman–Crippen LogP) is 1.22. The Bertz CT molecular complexity index is 1710. The maximum Gasteiger partial charge on any atom is 0.472 e. The van der Waals surface area contributed by atoms with Gasteiger partial charge in [-0.25, -0.2) is 43.2 Å². The molecule has 0 aliphatic carbocycles. The van der Waals surface area contributed by atoms with Crippen LogP contribution in [0.5, 0.6) is 0 Å². The lowest BCUT2D eigenvalue weighted by Crippen LogP contribution is -2.37. The Kier molecular flexibility index (Phi) is 7.30. The molecule has 3 aliphatic heterocycles. The molecule has 7 heterocycles. The van der Waals surface area contributed by atoms with E-state index in [0.29, 0.717) is 11.2 Å². The Morgan fingerprint density at radius 1 is 0.864 bits per heavy atom. The number of phosphoric acid groups is 1. The molecule has 0 spiro atoms. The third-order valence-corrected chi connectivity index (χ3v) is 9.39. The van der Waals surface area contributed by atoms with Crippen LogP contribution in [0, 0.1) is 6.92 Å². The molecule has 232 valence electrons. The predicted molar refractivity (Wildman–Crippen MR) is 142 cm³/mol. The van der Waals surface area contributed by atoms with E-state index in [9.17, 15) is 14.0 Å². The van der Waals surface area contributed by atoms with Gasteiger partial charge in [-0.05, 0) is 6.92 Å². The van der Waals surface area contributed by atoms with Gasteiger partial charge >= 0.3 is 7.82 Å². The first kappa shape index (κ1) is 29.7. The molecule has 44 heavy (non-hydrogen) atoms. The van der Waals surface area contributed by atoms with Crippen molar-refractivity contribution in [2.45, 2.75) is 56.1 Å². The Labute approximate surface area is 246 Å². The molecule has 7 rings (SSSR count). The number of phosphoric ester groups is 1. The van der Waals surface area contributed by atoms with Gasteiger partial charge in [0.1, 0.15) is 48.1 Å². The fraction of sp³-hybridized carbons (Fsp3) is 0.524. The summed E-state index contributed by atoms with van der Waals surface area (Å²) in [4.78, 5) is 34.8. The Morgan fingerprint density at radius 3 is 2.07 bits per heavy atom. The number of ether oxygens (including phenoxy) is 2. The quantitative estimate of drug-likeness (QED) is 0.229. The van der Waals surface area contributed by atoms with Gasteiger partial charge in [-0.15, -0.1) is 0 Å². The Morgan fingerprint density at radius 2 is 1.41 bits per heavy atom. The number of halogens is 2. The normalized spacial score (nSPS) is 38.3. The zero-order valence-electron chi connectivity index (χ0n) is 22.4. The summed E-state index contributed by atoms with van der Waals surface area (Å²) in [5.74, 6) is 0.0252. The summed E-state index contributed by atoms with van der Waals surface area (Å²) >= 11 is 0. The summed E-state index contributed by atoms with van der Waals surface area (Å²) in [6, 6.07) is 0. The van der Waals surface area contributed by atoms with Gasteiger partial charge in [0.2, 0.25) is 7.57 Å². The van der Waals surface area contributed by atoms with Gasteiger partial charge in [0.05, 0.1) is 31.6 Å². The van der Waals surface area contributed by atoms with E-state index in [4.69, 9.17) is 40.9 Å². The zero-order chi connectivity index (χ0) is 31.0. The molecule has 0 amide bonds. The number of rotatable bonds is 2. The van der Waals surface area contributed by atoms with Crippen LogP contribution in [0.2, 0.25) is 0 Å². The van der Waals surface area contributed by atoms with E-state index in [1.807, 2.05) is 0 Å². The van der Waals surface area contributed by atoms with E-state index in [0.717, 1.165) is 6.33 Å². The molecular weight excluding hydrogens is 633 g/mol. The van der Waals surface area contributed by atoms with E-state index in [1.54, 1.807) is 6.92 Å². The molecule has 3 aliphatic rings. The van der Waals surface area contributed by atoms with Crippen LogP contribution in [0.4, 0.5) is 14.6 Å². The molecule has 3 N–H and O–H groups in total. The molecule has 18 nitrogen and oxygen atoms in total. The van der Waals surface area contributed by atoms with Crippen molar-refractivity contribution in [3.05, 3.63) is 31.0 Å². The highest BCUT2D eigenvalue weighted by Gasteiger charge is 2.54. The lowest BCUT2D eigenvalue weighted by molar-refractivity contribution is -0.0607. The topological polar surface area (TPSA) is 223 Å². The number of fused-ring (bicyclic) bond motifs is 4. The fourth-order valence-corrected chi connectivity index (χ4v) is 7.26. The molecule has 0 saturated carbocycles. The van der Waals surface area contributed by atoms with Crippen molar-refractivity contribution in [2.24, 2.45) is 0 Å². The number of imidazole rings is 2. The van der Waals surface area contributed by atoms with Crippen molar-refractivity contribution in [2.75, 3.05) is 18.9 Å². The number of nitrogens with two attached hydrogens (primary N) is 1. The van der Waals surface area contributed by atoms with Crippen molar-refractivity contribution in [3.8, 4) is 0 Å². The van der Waals surface area contributed by atoms with Gasteiger partial charge in [-0.2, -0.15) is 0 Å². The average Bonchev–Trinajstić information content (AvgIpc) is 3.73. The minimum atomic E-state index is -5.07. The molecule has 3 saturated heterocycles. The maximum absolute atomic E-state index is 15.9. The molecule has 3 fully saturated rings. The van der Waals surface area contributed by atoms with Gasteiger partial charge in [0.25, 0.3) is 7.47 Å². The number of nitrogens with zero attached hydrogens (tertiary/aromatic N) is 8. The monoisotopic (exact) mass is 655 g/mol. The van der Waals surface area contributed by atoms with Crippen molar-refractivity contribution < 1.29 is 50.4 Å². The van der Waals surface area contributed by atoms with Crippen LogP contribution in [0.15, 0.2) is 25.3 Å². The van der Waals surface area contributed by atoms with Crippen LogP contribution in [0.1, 0.15) is 18.1 Å². The minimum absolute atomic E-state index is 0.0252. The number of hydrogen-bond donors (Lipinski definition) is 2. The van der Waals surface area contributed by atoms with Crippen molar-refractivity contribution in [3.63, 3.8) is 0 Å². The molecule has 10 atom stereocenters. The summed E-state index contributed by atoms with van der Waals surface area (Å²) in [6.45, 7) is 0.0915. The van der Waals surface area contributed by atoms with Crippen LogP contribution >= 0.6 is 15.3 Å². The summed E-state index contributed by atoms with van der Waals surface area (Å²) in [5.41, 5.74) is 7.17. The first-order valence-corrected chi connectivity index (χ1v) is 16.1. The molecule has 23 heteroatoms. The lowest BCUT2D eigenvalue weighted by Gasteiger charge is -2.28. The van der Waals surface area contributed by atoms with E-state index in [-0.39, 0.29) is 22.6 Å². The van der Waals surface area contributed by atoms with Crippen molar-refractivity contribution >= 4 is 51.0 Å². The average molecular weight is 655 g/mol. The number of alkyl halides is 2. The van der Waals surface area contributed by atoms with E-state index >= 15 is 8.78 Å².